The first-order chi connectivity index (χ1) is 8.24. The number of aryl methyl sites for hydroxylation is 1. The lowest BCUT2D eigenvalue weighted by Gasteiger charge is -2.02. The smallest absolute Gasteiger partial charge is 0.142 e. The van der Waals surface area contributed by atoms with Gasteiger partial charge in [0.25, 0.3) is 0 Å². The predicted molar refractivity (Wildman–Crippen MR) is 66.9 cm³/mol. The molecule has 3 aromatic heterocycles. The normalized spacial score (nSPS) is 10.9. The van der Waals surface area contributed by atoms with Crippen LogP contribution in [0.25, 0.3) is 22.4 Å². The van der Waals surface area contributed by atoms with Crippen molar-refractivity contribution in [2.45, 2.75) is 6.92 Å². The third-order valence-corrected chi connectivity index (χ3v) is 2.68. The quantitative estimate of drug-likeness (QED) is 0.716. The summed E-state index contributed by atoms with van der Waals surface area (Å²) < 4.78 is 0. The fraction of sp³-hybridized carbons (Fsp3) is 0.0833. The van der Waals surface area contributed by atoms with E-state index in [-0.39, 0.29) is 0 Å². The van der Waals surface area contributed by atoms with Crippen molar-refractivity contribution in [2.24, 2.45) is 0 Å². The number of rotatable bonds is 1. The van der Waals surface area contributed by atoms with Gasteiger partial charge >= 0.3 is 0 Å². The molecular formula is C12H9ClN4. The summed E-state index contributed by atoms with van der Waals surface area (Å²) in [4.78, 5) is 16.0. The maximum Gasteiger partial charge on any atom is 0.142 e. The van der Waals surface area contributed by atoms with E-state index in [2.05, 4.69) is 19.9 Å². The van der Waals surface area contributed by atoms with Crippen LogP contribution in [0, 0.1) is 6.92 Å². The number of pyridine rings is 1. The van der Waals surface area contributed by atoms with Crippen LogP contribution >= 0.6 is 11.6 Å². The zero-order valence-corrected chi connectivity index (χ0v) is 9.86. The van der Waals surface area contributed by atoms with Crippen LogP contribution in [0.1, 0.15) is 5.82 Å². The minimum atomic E-state index is 0.553. The van der Waals surface area contributed by atoms with Crippen molar-refractivity contribution in [3.63, 3.8) is 0 Å². The van der Waals surface area contributed by atoms with Gasteiger partial charge in [0.05, 0.1) is 5.69 Å². The number of hydrogen-bond acceptors (Lipinski definition) is 3. The number of hydrogen-bond donors (Lipinski definition) is 1. The zero-order valence-electron chi connectivity index (χ0n) is 9.11. The molecule has 0 aliphatic carbocycles. The van der Waals surface area contributed by atoms with Gasteiger partial charge in [-0.25, -0.2) is 9.97 Å². The van der Waals surface area contributed by atoms with Gasteiger partial charge in [-0.3, -0.25) is 4.98 Å². The highest BCUT2D eigenvalue weighted by Crippen LogP contribution is 2.26. The Hall–Kier alpha value is -1.94. The van der Waals surface area contributed by atoms with Gasteiger partial charge in [-0.1, -0.05) is 17.7 Å². The zero-order chi connectivity index (χ0) is 11.8. The second-order valence-corrected chi connectivity index (χ2v) is 4.12. The van der Waals surface area contributed by atoms with E-state index >= 15 is 0 Å². The SMILES string of the molecule is Cc1nc(-c2ccccn2)c2cc(Cl)[nH]c2n1. The number of fused-ring (bicyclic) bond motifs is 1. The predicted octanol–water partition coefficient (Wildman–Crippen LogP) is 2.98. The van der Waals surface area contributed by atoms with E-state index in [9.17, 15) is 0 Å². The van der Waals surface area contributed by atoms with Crippen molar-refractivity contribution in [1.82, 2.24) is 19.9 Å². The van der Waals surface area contributed by atoms with Gasteiger partial charge in [0.15, 0.2) is 0 Å². The van der Waals surface area contributed by atoms with Gasteiger partial charge in [0.2, 0.25) is 0 Å². The lowest BCUT2D eigenvalue weighted by Crippen LogP contribution is -1.94. The van der Waals surface area contributed by atoms with Gasteiger partial charge in [0, 0.05) is 11.6 Å². The molecule has 0 amide bonds. The third-order valence-electron chi connectivity index (χ3n) is 2.47. The van der Waals surface area contributed by atoms with Gasteiger partial charge in [-0.2, -0.15) is 0 Å². The molecule has 3 heterocycles. The van der Waals surface area contributed by atoms with Gasteiger partial charge < -0.3 is 4.98 Å². The van der Waals surface area contributed by atoms with Crippen molar-refractivity contribution in [3.8, 4) is 11.4 Å². The first-order valence-corrected chi connectivity index (χ1v) is 5.56. The first kappa shape index (κ1) is 10.2. The van der Waals surface area contributed by atoms with Crippen LogP contribution in [0.2, 0.25) is 5.15 Å². The molecule has 3 aromatic rings. The van der Waals surface area contributed by atoms with E-state index in [1.54, 1.807) is 6.20 Å². The second kappa shape index (κ2) is 3.82. The summed E-state index contributed by atoms with van der Waals surface area (Å²) in [5.41, 5.74) is 2.36. The van der Waals surface area contributed by atoms with Crippen LogP contribution in [-0.2, 0) is 0 Å². The molecule has 17 heavy (non-hydrogen) atoms. The number of halogens is 1. The first-order valence-electron chi connectivity index (χ1n) is 5.18. The second-order valence-electron chi connectivity index (χ2n) is 3.71. The van der Waals surface area contributed by atoms with E-state index in [1.807, 2.05) is 31.2 Å². The Morgan fingerprint density at radius 2 is 2.12 bits per heavy atom. The van der Waals surface area contributed by atoms with E-state index in [1.165, 1.54) is 0 Å². The van der Waals surface area contributed by atoms with Crippen molar-refractivity contribution in [3.05, 3.63) is 41.4 Å². The molecule has 0 radical (unpaired) electrons. The molecule has 0 atom stereocenters. The summed E-state index contributed by atoms with van der Waals surface area (Å²) in [6.45, 7) is 1.85. The molecule has 3 rings (SSSR count). The summed E-state index contributed by atoms with van der Waals surface area (Å²) in [5.74, 6) is 0.691. The van der Waals surface area contributed by atoms with Crippen LogP contribution in [0.15, 0.2) is 30.5 Å². The summed E-state index contributed by atoms with van der Waals surface area (Å²) in [6, 6.07) is 7.54. The maximum atomic E-state index is 5.95. The topological polar surface area (TPSA) is 54.5 Å². The summed E-state index contributed by atoms with van der Waals surface area (Å²) in [5, 5.41) is 1.44. The minimum Gasteiger partial charge on any atom is -0.330 e. The lowest BCUT2D eigenvalue weighted by molar-refractivity contribution is 1.08. The molecule has 1 N–H and O–H groups in total. The molecule has 5 heteroatoms. The molecule has 0 saturated heterocycles. The van der Waals surface area contributed by atoms with Crippen LogP contribution in [-0.4, -0.2) is 19.9 Å². The fourth-order valence-electron chi connectivity index (χ4n) is 1.79. The Labute approximate surface area is 103 Å². The minimum absolute atomic E-state index is 0.553. The largest absolute Gasteiger partial charge is 0.330 e. The van der Waals surface area contributed by atoms with Crippen LogP contribution in [0.4, 0.5) is 0 Å². The summed E-state index contributed by atoms with van der Waals surface area (Å²) in [7, 11) is 0. The Bertz CT molecular complexity index is 676. The van der Waals surface area contributed by atoms with E-state index < -0.39 is 0 Å². The average Bonchev–Trinajstić information content (AvgIpc) is 2.69. The van der Waals surface area contributed by atoms with E-state index in [4.69, 9.17) is 11.6 Å². The molecule has 0 unspecified atom stereocenters. The Kier molecular flexibility index (Phi) is 2.30. The molecule has 0 fully saturated rings. The van der Waals surface area contributed by atoms with Crippen molar-refractivity contribution < 1.29 is 0 Å². The molecule has 0 saturated carbocycles. The third kappa shape index (κ3) is 1.76. The average molecular weight is 245 g/mol. The Balaban J connectivity index is 2.35. The summed E-state index contributed by atoms with van der Waals surface area (Å²) >= 11 is 5.95. The Morgan fingerprint density at radius 1 is 1.24 bits per heavy atom. The molecule has 0 aliphatic heterocycles. The standard InChI is InChI=1S/C12H9ClN4/c1-7-15-11(9-4-2-3-5-14-9)8-6-10(13)17-12(8)16-7/h2-6H,1H3,(H,15,16,17). The van der Waals surface area contributed by atoms with E-state index in [0.717, 1.165) is 22.4 Å². The molecule has 0 spiro atoms. The lowest BCUT2D eigenvalue weighted by atomic mass is 10.2. The van der Waals surface area contributed by atoms with Gasteiger partial charge in [0.1, 0.15) is 22.3 Å². The molecule has 4 nitrogen and oxygen atoms in total. The van der Waals surface area contributed by atoms with Crippen molar-refractivity contribution >= 4 is 22.6 Å². The fourth-order valence-corrected chi connectivity index (χ4v) is 1.99. The molecule has 84 valence electrons. The van der Waals surface area contributed by atoms with Crippen molar-refractivity contribution in [2.75, 3.05) is 0 Å². The number of aromatic amines is 1. The molecule has 0 aliphatic rings. The maximum absolute atomic E-state index is 5.95. The van der Waals surface area contributed by atoms with E-state index in [0.29, 0.717) is 11.0 Å². The number of nitrogens with zero attached hydrogens (tertiary/aromatic N) is 3. The number of H-pyrrole nitrogens is 1. The Morgan fingerprint density at radius 3 is 2.88 bits per heavy atom. The molecule has 0 aromatic carbocycles. The van der Waals surface area contributed by atoms with Crippen LogP contribution in [0.3, 0.4) is 0 Å². The van der Waals surface area contributed by atoms with Gasteiger partial charge in [-0.15, -0.1) is 0 Å². The van der Waals surface area contributed by atoms with Crippen molar-refractivity contribution in [1.29, 1.82) is 0 Å². The molecule has 0 bridgehead atoms. The van der Waals surface area contributed by atoms with Gasteiger partial charge in [-0.05, 0) is 25.1 Å². The highest BCUT2D eigenvalue weighted by atomic mass is 35.5. The van der Waals surface area contributed by atoms with Crippen LogP contribution in [0.5, 0.6) is 0 Å². The highest BCUT2D eigenvalue weighted by molar-refractivity contribution is 6.30. The summed E-state index contributed by atoms with van der Waals surface area (Å²) in [6.07, 6.45) is 1.74. The number of nitrogens with one attached hydrogen (secondary N) is 1. The molecular weight excluding hydrogens is 236 g/mol. The van der Waals surface area contributed by atoms with Crippen LogP contribution < -0.4 is 0 Å². The monoisotopic (exact) mass is 244 g/mol. The highest BCUT2D eigenvalue weighted by Gasteiger charge is 2.11. The number of aromatic nitrogens is 4.